The summed E-state index contributed by atoms with van der Waals surface area (Å²) in [5.41, 5.74) is 0.582. The summed E-state index contributed by atoms with van der Waals surface area (Å²) >= 11 is 7.27. The van der Waals surface area contributed by atoms with E-state index in [0.717, 1.165) is 13.4 Å². The van der Waals surface area contributed by atoms with Gasteiger partial charge in [0.05, 0.1) is 3.57 Å². The maximum absolute atomic E-state index is 10.6. The second-order valence-corrected chi connectivity index (χ2v) is 7.82. The van der Waals surface area contributed by atoms with Crippen LogP contribution >= 0.6 is 61.1 Å². The van der Waals surface area contributed by atoms with Gasteiger partial charge in [-0.05, 0) is 75.5 Å². The number of fused-ring (bicyclic) bond motifs is 1. The second-order valence-electron chi connectivity index (χ2n) is 4.56. The molecule has 3 N–H and O–H groups in total. The molecule has 5 nitrogen and oxygen atoms in total. The zero-order valence-corrected chi connectivity index (χ0v) is 19.0. The Balaban J connectivity index is 0.000000240. The molecule has 9 heteroatoms. The van der Waals surface area contributed by atoms with Crippen molar-refractivity contribution in [2.75, 3.05) is 0 Å². The van der Waals surface area contributed by atoms with Gasteiger partial charge in [-0.1, -0.05) is 22.0 Å². The van der Waals surface area contributed by atoms with E-state index >= 15 is 0 Å². The van der Waals surface area contributed by atoms with Crippen molar-refractivity contribution in [2.24, 2.45) is 0 Å². The van der Waals surface area contributed by atoms with Crippen molar-refractivity contribution in [3.05, 3.63) is 59.8 Å². The number of halogens is 3. The minimum Gasteiger partial charge on any atom is -0.506 e. The predicted octanol–water partition coefficient (Wildman–Crippen LogP) is 5.00. The number of phenols is 2. The Morgan fingerprint density at radius 1 is 1.12 bits per heavy atom. The second kappa shape index (κ2) is 9.91. The van der Waals surface area contributed by atoms with E-state index in [4.69, 9.17) is 5.11 Å². The first kappa shape index (κ1) is 22.4. The predicted molar refractivity (Wildman–Crippen MR) is 112 cm³/mol. The third-order valence-corrected chi connectivity index (χ3v) is 5.09. The van der Waals surface area contributed by atoms with Crippen LogP contribution in [0.5, 0.6) is 11.5 Å². The van der Waals surface area contributed by atoms with Gasteiger partial charge in [0.15, 0.2) is 0 Å². The van der Waals surface area contributed by atoms with Gasteiger partial charge < -0.3 is 15.3 Å². The minimum absolute atomic E-state index is 0. The molecule has 3 rings (SSSR count). The van der Waals surface area contributed by atoms with Crippen LogP contribution in [0, 0.1) is 7.14 Å². The Hall–Kier alpha value is -0.621. The number of carboxylic acid groups (broad SMARTS) is 1. The molecule has 1 radical (unpaired) electrons. The number of phenolic OH excluding ortho intramolecular Hbond substituents is 1. The monoisotopic (exact) mass is 676 g/mol. The zero-order valence-electron chi connectivity index (χ0n) is 12.2. The van der Waals surface area contributed by atoms with Gasteiger partial charge in [0.1, 0.15) is 22.6 Å². The molecule has 0 spiro atoms. The van der Waals surface area contributed by atoms with Crippen LogP contribution in [0.4, 0.5) is 0 Å². The number of aromatic hydroxyl groups is 2. The Bertz CT molecular complexity index is 884. The fraction of sp³-hybridized carbons (Fsp3) is 0. The van der Waals surface area contributed by atoms with E-state index in [1.807, 2.05) is 57.3 Å². The SMILES string of the molecule is O=C(O)c1cc(I)cc(I)c1O.Oc1ccc(Br)c2cccnc12.[Cu]. The molecule has 1 heterocycles. The van der Waals surface area contributed by atoms with Crippen LogP contribution in [0.15, 0.2) is 47.1 Å². The summed E-state index contributed by atoms with van der Waals surface area (Å²) in [6.45, 7) is 0. The number of hydrogen-bond donors (Lipinski definition) is 3. The van der Waals surface area contributed by atoms with Gasteiger partial charge in [0.2, 0.25) is 0 Å². The number of rotatable bonds is 1. The normalized spacial score (nSPS) is 9.72. The maximum Gasteiger partial charge on any atom is 0.339 e. The molecule has 0 atom stereocenters. The number of nitrogens with zero attached hydrogens (tertiary/aromatic N) is 1. The maximum atomic E-state index is 10.6. The average Bonchev–Trinajstić information content (AvgIpc) is 2.55. The Kier molecular flexibility index (Phi) is 8.88. The molecule has 0 unspecified atom stereocenters. The molecule has 0 aliphatic carbocycles. The molecular formula is C16H10BrCuI2NO4. The number of carbonyl (C=O) groups is 1. The van der Waals surface area contributed by atoms with Crippen LogP contribution in [0.3, 0.4) is 0 Å². The third-order valence-electron chi connectivity index (χ3n) is 2.95. The van der Waals surface area contributed by atoms with Crippen molar-refractivity contribution >= 4 is 78.0 Å². The first-order valence-electron chi connectivity index (χ1n) is 6.44. The molecular weight excluding hydrogens is 667 g/mol. The van der Waals surface area contributed by atoms with Crippen LogP contribution in [0.25, 0.3) is 10.9 Å². The summed E-state index contributed by atoms with van der Waals surface area (Å²) in [6, 6.07) is 10.3. The summed E-state index contributed by atoms with van der Waals surface area (Å²) < 4.78 is 2.30. The van der Waals surface area contributed by atoms with Crippen molar-refractivity contribution in [3.8, 4) is 11.5 Å². The van der Waals surface area contributed by atoms with E-state index in [1.165, 1.54) is 6.07 Å². The van der Waals surface area contributed by atoms with Gasteiger partial charge in [-0.2, -0.15) is 0 Å². The van der Waals surface area contributed by atoms with Crippen molar-refractivity contribution in [2.45, 2.75) is 0 Å². The molecule has 135 valence electrons. The average molecular weight is 678 g/mol. The van der Waals surface area contributed by atoms with E-state index in [1.54, 1.807) is 24.4 Å². The summed E-state index contributed by atoms with van der Waals surface area (Å²) in [4.78, 5) is 14.6. The number of pyridine rings is 1. The molecule has 0 fully saturated rings. The Morgan fingerprint density at radius 3 is 2.40 bits per heavy atom. The van der Waals surface area contributed by atoms with Gasteiger partial charge in [-0.3, -0.25) is 4.98 Å². The van der Waals surface area contributed by atoms with E-state index in [9.17, 15) is 15.0 Å². The number of aromatic nitrogens is 1. The van der Waals surface area contributed by atoms with Crippen LogP contribution < -0.4 is 0 Å². The van der Waals surface area contributed by atoms with Crippen LogP contribution in [0.2, 0.25) is 0 Å². The van der Waals surface area contributed by atoms with Gasteiger partial charge >= 0.3 is 5.97 Å². The Labute approximate surface area is 189 Å². The molecule has 0 saturated heterocycles. The molecule has 2 aromatic carbocycles. The fourth-order valence-corrected chi connectivity index (χ4v) is 4.15. The van der Waals surface area contributed by atoms with Crippen LogP contribution in [-0.4, -0.2) is 26.3 Å². The van der Waals surface area contributed by atoms with Crippen molar-refractivity contribution in [3.63, 3.8) is 0 Å². The molecule has 0 saturated carbocycles. The van der Waals surface area contributed by atoms with E-state index in [0.29, 0.717) is 9.09 Å². The smallest absolute Gasteiger partial charge is 0.339 e. The molecule has 3 aromatic rings. The topological polar surface area (TPSA) is 90.7 Å². The third kappa shape index (κ3) is 5.68. The largest absolute Gasteiger partial charge is 0.506 e. The van der Waals surface area contributed by atoms with E-state index in [2.05, 4.69) is 20.9 Å². The first-order chi connectivity index (χ1) is 11.3. The van der Waals surface area contributed by atoms with Gasteiger partial charge in [0, 0.05) is 36.7 Å². The number of aromatic carboxylic acids is 1. The summed E-state index contributed by atoms with van der Waals surface area (Å²) in [6.07, 6.45) is 1.66. The quantitative estimate of drug-likeness (QED) is 0.249. The van der Waals surface area contributed by atoms with Crippen molar-refractivity contribution in [1.82, 2.24) is 4.98 Å². The van der Waals surface area contributed by atoms with E-state index in [-0.39, 0.29) is 34.1 Å². The molecule has 25 heavy (non-hydrogen) atoms. The van der Waals surface area contributed by atoms with Crippen molar-refractivity contribution < 1.29 is 37.2 Å². The van der Waals surface area contributed by atoms with Crippen molar-refractivity contribution in [1.29, 1.82) is 0 Å². The number of benzene rings is 2. The fourth-order valence-electron chi connectivity index (χ4n) is 1.85. The standard InChI is InChI=1S/C9H6BrNO.C7H4I2O3.Cu/c10-7-3-4-8(12)9-6(7)2-1-5-11-9;8-3-1-4(7(11)12)6(10)5(9)2-3;/h1-5,12H;1-2,10H,(H,11,12);. The summed E-state index contributed by atoms with van der Waals surface area (Å²) in [5, 5.41) is 28.3. The minimum atomic E-state index is -1.11. The number of hydrogen-bond acceptors (Lipinski definition) is 4. The zero-order chi connectivity index (χ0) is 17.9. The summed E-state index contributed by atoms with van der Waals surface area (Å²) in [5.74, 6) is -1.05. The molecule has 0 amide bonds. The Morgan fingerprint density at radius 2 is 1.80 bits per heavy atom. The van der Waals surface area contributed by atoms with Crippen LogP contribution in [0.1, 0.15) is 10.4 Å². The first-order valence-corrected chi connectivity index (χ1v) is 9.39. The van der Waals surface area contributed by atoms with Gasteiger partial charge in [-0.15, -0.1) is 0 Å². The van der Waals surface area contributed by atoms with Crippen LogP contribution in [-0.2, 0) is 17.1 Å². The summed E-state index contributed by atoms with van der Waals surface area (Å²) in [7, 11) is 0. The molecule has 0 aliphatic rings. The molecule has 0 aliphatic heterocycles. The van der Waals surface area contributed by atoms with E-state index < -0.39 is 5.97 Å². The number of carboxylic acids is 1. The van der Waals surface area contributed by atoms with Gasteiger partial charge in [-0.25, -0.2) is 4.79 Å². The molecule has 1 aromatic heterocycles. The van der Waals surface area contributed by atoms with Gasteiger partial charge in [0.25, 0.3) is 0 Å². The molecule has 0 bridgehead atoms.